The van der Waals surface area contributed by atoms with E-state index in [1.807, 2.05) is 41.3 Å². The molecule has 1 amide bonds. The van der Waals surface area contributed by atoms with Crippen molar-refractivity contribution in [1.82, 2.24) is 14.5 Å². The third kappa shape index (κ3) is 5.97. The van der Waals surface area contributed by atoms with Gasteiger partial charge < -0.3 is 19.9 Å². The number of nitrogens with zero attached hydrogens (tertiary/aromatic N) is 3. The van der Waals surface area contributed by atoms with Crippen LogP contribution >= 0.6 is 11.6 Å². The molecule has 0 fully saturated rings. The number of fused-ring (bicyclic) bond motifs is 1. The Morgan fingerprint density at radius 2 is 1.78 bits per heavy atom. The first-order valence-corrected chi connectivity index (χ1v) is 13.0. The second-order valence-electron chi connectivity index (χ2n) is 10.3. The van der Waals surface area contributed by atoms with E-state index in [1.165, 1.54) is 0 Å². The average Bonchev–Trinajstić information content (AvgIpc) is 3.22. The molecule has 6 nitrogen and oxygen atoms in total. The van der Waals surface area contributed by atoms with Gasteiger partial charge in [-0.2, -0.15) is 0 Å². The fourth-order valence-corrected chi connectivity index (χ4v) is 4.88. The van der Waals surface area contributed by atoms with E-state index >= 15 is 0 Å². The highest BCUT2D eigenvalue weighted by Crippen LogP contribution is 2.40. The second-order valence-corrected chi connectivity index (χ2v) is 10.7. The summed E-state index contributed by atoms with van der Waals surface area (Å²) in [5, 5.41) is 0.594. The zero-order valence-corrected chi connectivity index (χ0v) is 22.7. The molecule has 1 heterocycles. The molecule has 0 saturated heterocycles. The largest absolute Gasteiger partial charge is 0.497 e. The highest BCUT2D eigenvalue weighted by Gasteiger charge is 2.38. The predicted molar refractivity (Wildman–Crippen MR) is 150 cm³/mol. The number of aromatic nitrogens is 2. The fourth-order valence-electron chi connectivity index (χ4n) is 4.75. The Bertz CT molecular complexity index is 1340. The quantitative estimate of drug-likeness (QED) is 0.281. The topological polar surface area (TPSA) is 73.4 Å². The lowest BCUT2D eigenvalue weighted by atomic mass is 9.84. The average molecular weight is 519 g/mol. The molecule has 0 aliphatic rings. The minimum Gasteiger partial charge on any atom is -0.497 e. The second kappa shape index (κ2) is 11.4. The Hall–Kier alpha value is -3.35. The number of rotatable bonds is 9. The number of amides is 1. The summed E-state index contributed by atoms with van der Waals surface area (Å²) in [6, 6.07) is 22.9. The van der Waals surface area contributed by atoms with E-state index in [2.05, 4.69) is 37.5 Å². The van der Waals surface area contributed by atoms with Gasteiger partial charge in [0.05, 0.1) is 24.2 Å². The summed E-state index contributed by atoms with van der Waals surface area (Å²) >= 11 is 6.11. The minimum absolute atomic E-state index is 0.0686. The van der Waals surface area contributed by atoms with Gasteiger partial charge in [0.2, 0.25) is 0 Å². The van der Waals surface area contributed by atoms with Crippen LogP contribution in [-0.2, 0) is 6.54 Å². The molecule has 0 radical (unpaired) electrons. The summed E-state index contributed by atoms with van der Waals surface area (Å²) in [4.78, 5) is 21.1. The maximum absolute atomic E-state index is 14.0. The lowest BCUT2D eigenvalue weighted by Gasteiger charge is -2.40. The van der Waals surface area contributed by atoms with E-state index in [9.17, 15) is 4.79 Å². The van der Waals surface area contributed by atoms with E-state index < -0.39 is 0 Å². The van der Waals surface area contributed by atoms with Crippen LogP contribution in [0.2, 0.25) is 5.02 Å². The van der Waals surface area contributed by atoms with Crippen LogP contribution in [0.1, 0.15) is 55.0 Å². The van der Waals surface area contributed by atoms with Gasteiger partial charge in [0.25, 0.3) is 5.91 Å². The van der Waals surface area contributed by atoms with E-state index in [4.69, 9.17) is 27.1 Å². The molecule has 194 valence electrons. The first-order chi connectivity index (χ1) is 17.7. The standard InChI is InChI=1S/C30H35ClN4O2/c1-30(2,3)27(34(18-8-17-32)29(36)22-11-13-23(31)14-12-22)28-33-25-16-15-24(37-4)19-26(25)35(28)20-21-9-6-5-7-10-21/h5-7,9-16,19,27H,8,17-18,20,32H2,1-4H3. The molecule has 7 heteroatoms. The van der Waals surface area contributed by atoms with Crippen LogP contribution < -0.4 is 10.5 Å². The van der Waals surface area contributed by atoms with Gasteiger partial charge in [-0.25, -0.2) is 4.98 Å². The van der Waals surface area contributed by atoms with E-state index in [1.54, 1.807) is 31.4 Å². The summed E-state index contributed by atoms with van der Waals surface area (Å²) < 4.78 is 7.76. The van der Waals surface area contributed by atoms with Crippen molar-refractivity contribution in [2.45, 2.75) is 39.8 Å². The molecule has 0 aliphatic carbocycles. The third-order valence-corrected chi connectivity index (χ3v) is 6.75. The van der Waals surface area contributed by atoms with Gasteiger partial charge in [-0.3, -0.25) is 4.79 Å². The number of hydrogen-bond donors (Lipinski definition) is 1. The van der Waals surface area contributed by atoms with E-state index in [0.717, 1.165) is 28.2 Å². The number of hydrogen-bond acceptors (Lipinski definition) is 4. The molecular formula is C30H35ClN4O2. The van der Waals surface area contributed by atoms with E-state index in [0.29, 0.717) is 36.6 Å². The number of halogens is 1. The molecule has 1 atom stereocenters. The van der Waals surface area contributed by atoms with Crippen LogP contribution in [0.15, 0.2) is 72.8 Å². The Morgan fingerprint density at radius 1 is 1.08 bits per heavy atom. The molecule has 3 aromatic carbocycles. The molecule has 4 rings (SSSR count). The Kier molecular flexibility index (Phi) is 8.20. The number of benzene rings is 3. The van der Waals surface area contributed by atoms with Crippen LogP contribution in [0.3, 0.4) is 0 Å². The minimum atomic E-state index is -0.323. The monoisotopic (exact) mass is 518 g/mol. The summed E-state index contributed by atoms with van der Waals surface area (Å²) in [6.07, 6.45) is 0.679. The third-order valence-electron chi connectivity index (χ3n) is 6.50. The smallest absolute Gasteiger partial charge is 0.254 e. The van der Waals surface area contributed by atoms with Gasteiger partial charge >= 0.3 is 0 Å². The zero-order chi connectivity index (χ0) is 26.6. The molecule has 37 heavy (non-hydrogen) atoms. The van der Waals surface area contributed by atoms with Gasteiger partial charge in [0.1, 0.15) is 11.6 Å². The lowest BCUT2D eigenvalue weighted by molar-refractivity contribution is 0.0483. The molecule has 0 spiro atoms. The van der Waals surface area contributed by atoms with Crippen LogP contribution in [0.25, 0.3) is 11.0 Å². The summed E-state index contributed by atoms with van der Waals surface area (Å²) in [6.45, 7) is 8.06. The van der Waals surface area contributed by atoms with Gasteiger partial charge in [0.15, 0.2) is 0 Å². The molecule has 0 bridgehead atoms. The van der Waals surface area contributed by atoms with E-state index in [-0.39, 0.29) is 17.4 Å². The van der Waals surface area contributed by atoms with Gasteiger partial charge in [-0.15, -0.1) is 0 Å². The van der Waals surface area contributed by atoms with Crippen molar-refractivity contribution in [2.75, 3.05) is 20.2 Å². The summed E-state index contributed by atoms with van der Waals surface area (Å²) in [5.41, 5.74) is 9.15. The highest BCUT2D eigenvalue weighted by atomic mass is 35.5. The number of ether oxygens (including phenoxy) is 1. The highest BCUT2D eigenvalue weighted by molar-refractivity contribution is 6.30. The summed E-state index contributed by atoms with van der Waals surface area (Å²) in [7, 11) is 1.66. The summed E-state index contributed by atoms with van der Waals surface area (Å²) in [5.74, 6) is 1.53. The normalized spacial score (nSPS) is 12.5. The first kappa shape index (κ1) is 26.7. The molecular weight excluding hydrogens is 484 g/mol. The first-order valence-electron chi connectivity index (χ1n) is 12.6. The van der Waals surface area contributed by atoms with Crippen molar-refractivity contribution in [1.29, 1.82) is 0 Å². The zero-order valence-electron chi connectivity index (χ0n) is 21.9. The van der Waals surface area contributed by atoms with Crippen LogP contribution in [0.5, 0.6) is 5.75 Å². The molecule has 1 unspecified atom stereocenters. The van der Waals surface area contributed by atoms with Crippen molar-refractivity contribution in [3.63, 3.8) is 0 Å². The maximum Gasteiger partial charge on any atom is 0.254 e. The van der Waals surface area contributed by atoms with Gasteiger partial charge in [-0.1, -0.05) is 62.7 Å². The van der Waals surface area contributed by atoms with Crippen molar-refractivity contribution in [3.8, 4) is 5.75 Å². The van der Waals surface area contributed by atoms with Crippen molar-refractivity contribution in [3.05, 3.63) is 94.8 Å². The SMILES string of the molecule is COc1ccc2nc(C(N(CCCN)C(=O)c3ccc(Cl)cc3)C(C)(C)C)n(Cc3ccccc3)c2c1. The molecule has 0 aliphatic heterocycles. The lowest BCUT2D eigenvalue weighted by Crippen LogP contribution is -2.43. The molecule has 0 saturated carbocycles. The molecule has 2 N–H and O–H groups in total. The van der Waals surface area contributed by atoms with Gasteiger partial charge in [0, 0.05) is 29.7 Å². The number of carbonyl (C=O) groups is 1. The van der Waals surface area contributed by atoms with Crippen LogP contribution in [0.4, 0.5) is 0 Å². The van der Waals surface area contributed by atoms with Crippen LogP contribution in [-0.4, -0.2) is 40.6 Å². The molecule has 1 aromatic heterocycles. The Balaban J connectivity index is 1.91. The maximum atomic E-state index is 14.0. The van der Waals surface area contributed by atoms with Crippen molar-refractivity contribution >= 4 is 28.5 Å². The number of nitrogens with two attached hydrogens (primary N) is 1. The van der Waals surface area contributed by atoms with Crippen molar-refractivity contribution in [2.24, 2.45) is 11.1 Å². The van der Waals surface area contributed by atoms with Crippen LogP contribution in [0, 0.1) is 5.41 Å². The van der Waals surface area contributed by atoms with Gasteiger partial charge in [-0.05, 0) is 60.3 Å². The number of carbonyl (C=O) groups excluding carboxylic acids is 1. The Morgan fingerprint density at radius 3 is 2.41 bits per heavy atom. The number of imidazole rings is 1. The number of methoxy groups -OCH3 is 1. The fraction of sp³-hybridized carbons (Fsp3) is 0.333. The Labute approximate surface area is 224 Å². The van der Waals surface area contributed by atoms with Crippen molar-refractivity contribution < 1.29 is 9.53 Å². The predicted octanol–water partition coefficient (Wildman–Crippen LogP) is 6.33. The molecule has 4 aromatic rings.